The molecule has 0 atom stereocenters. The van der Waals surface area contributed by atoms with Crippen molar-refractivity contribution in [3.63, 3.8) is 0 Å². The van der Waals surface area contributed by atoms with Crippen LogP contribution in [0.25, 0.3) is 0 Å². The molecule has 0 unspecified atom stereocenters. The highest BCUT2D eigenvalue weighted by Gasteiger charge is 2.32. The van der Waals surface area contributed by atoms with Crippen LogP contribution in [0.3, 0.4) is 0 Å². The summed E-state index contributed by atoms with van der Waals surface area (Å²) in [4.78, 5) is 14.2. The molecule has 4 nitrogen and oxygen atoms in total. The molecule has 6 heteroatoms. The molecule has 0 aliphatic carbocycles. The third-order valence-corrected chi connectivity index (χ3v) is 4.88. The lowest BCUT2D eigenvalue weighted by Gasteiger charge is -2.20. The highest BCUT2D eigenvalue weighted by Crippen LogP contribution is 2.30. The standard InChI is InChI=1S/C14H18ClNO3S/c1-10-6-11(8-12(7-10)20(15,18)19)13(17)16-5-4-14(2,3)9-16/h6-8H,4-5,9H2,1-3H3. The quantitative estimate of drug-likeness (QED) is 0.789. The van der Waals surface area contributed by atoms with E-state index in [1.165, 1.54) is 12.1 Å². The molecule has 110 valence electrons. The zero-order valence-corrected chi connectivity index (χ0v) is 13.4. The third-order valence-electron chi connectivity index (χ3n) is 3.54. The number of halogens is 1. The highest BCUT2D eigenvalue weighted by atomic mass is 35.7. The van der Waals surface area contributed by atoms with E-state index in [-0.39, 0.29) is 16.2 Å². The zero-order valence-electron chi connectivity index (χ0n) is 11.8. The molecule has 0 aromatic heterocycles. The van der Waals surface area contributed by atoms with E-state index in [0.717, 1.165) is 6.42 Å². The van der Waals surface area contributed by atoms with E-state index < -0.39 is 9.05 Å². The van der Waals surface area contributed by atoms with Crippen molar-refractivity contribution >= 4 is 25.6 Å². The molecule has 1 fully saturated rings. The average Bonchev–Trinajstić information content (AvgIpc) is 2.67. The largest absolute Gasteiger partial charge is 0.338 e. The molecule has 2 rings (SSSR count). The Balaban J connectivity index is 2.34. The SMILES string of the molecule is Cc1cc(C(=O)N2CCC(C)(C)C2)cc(S(=O)(=O)Cl)c1. The van der Waals surface area contributed by atoms with Gasteiger partial charge in [-0.25, -0.2) is 8.42 Å². The van der Waals surface area contributed by atoms with Crippen LogP contribution in [0.1, 0.15) is 36.2 Å². The van der Waals surface area contributed by atoms with Gasteiger partial charge in [-0.15, -0.1) is 0 Å². The lowest BCUT2D eigenvalue weighted by Crippen LogP contribution is -2.30. The summed E-state index contributed by atoms with van der Waals surface area (Å²) in [6, 6.07) is 4.51. The van der Waals surface area contributed by atoms with E-state index in [0.29, 0.717) is 24.2 Å². The van der Waals surface area contributed by atoms with Gasteiger partial charge in [0.25, 0.3) is 15.0 Å². The van der Waals surface area contributed by atoms with Crippen LogP contribution in [0.15, 0.2) is 23.1 Å². The van der Waals surface area contributed by atoms with Crippen LogP contribution in [0.4, 0.5) is 0 Å². The summed E-state index contributed by atoms with van der Waals surface area (Å²) in [7, 11) is 1.53. The summed E-state index contributed by atoms with van der Waals surface area (Å²) >= 11 is 0. The number of nitrogens with zero attached hydrogens (tertiary/aromatic N) is 1. The number of benzene rings is 1. The normalized spacial score (nSPS) is 18.3. The molecule has 0 N–H and O–H groups in total. The maximum atomic E-state index is 12.5. The molecule has 1 aliphatic rings. The Labute approximate surface area is 124 Å². The number of aryl methyl sites for hydroxylation is 1. The van der Waals surface area contributed by atoms with E-state index in [4.69, 9.17) is 10.7 Å². The Morgan fingerprint density at radius 2 is 1.95 bits per heavy atom. The van der Waals surface area contributed by atoms with Crippen LogP contribution in [0.5, 0.6) is 0 Å². The first-order valence-corrected chi connectivity index (χ1v) is 8.75. The zero-order chi connectivity index (χ0) is 15.1. The molecule has 0 saturated carbocycles. The van der Waals surface area contributed by atoms with Crippen LogP contribution in [0, 0.1) is 12.3 Å². The first-order valence-electron chi connectivity index (χ1n) is 6.44. The predicted octanol–water partition coefficient (Wildman–Crippen LogP) is 2.79. The first kappa shape index (κ1) is 15.3. The number of carbonyl (C=O) groups excluding carboxylic acids is 1. The molecule has 0 spiro atoms. The van der Waals surface area contributed by atoms with Crippen LogP contribution in [0.2, 0.25) is 0 Å². The highest BCUT2D eigenvalue weighted by molar-refractivity contribution is 8.13. The van der Waals surface area contributed by atoms with Crippen molar-refractivity contribution in [1.29, 1.82) is 0 Å². The van der Waals surface area contributed by atoms with E-state index in [1.54, 1.807) is 17.9 Å². The second-order valence-corrected chi connectivity index (χ2v) is 8.68. The van der Waals surface area contributed by atoms with Gasteiger partial charge < -0.3 is 4.90 Å². The van der Waals surface area contributed by atoms with Gasteiger partial charge in [0.2, 0.25) is 0 Å². The summed E-state index contributed by atoms with van der Waals surface area (Å²) in [5, 5.41) is 0. The lowest BCUT2D eigenvalue weighted by atomic mass is 9.93. The number of carbonyl (C=O) groups is 1. The van der Waals surface area contributed by atoms with Crippen LogP contribution >= 0.6 is 10.7 Å². The molecule has 1 saturated heterocycles. The van der Waals surface area contributed by atoms with Gasteiger partial charge in [0.1, 0.15) is 0 Å². The minimum Gasteiger partial charge on any atom is -0.338 e. The maximum Gasteiger partial charge on any atom is 0.261 e. The fraction of sp³-hybridized carbons (Fsp3) is 0.500. The van der Waals surface area contributed by atoms with Crippen LogP contribution in [-0.4, -0.2) is 32.3 Å². The topological polar surface area (TPSA) is 54.5 Å². The van der Waals surface area contributed by atoms with E-state index >= 15 is 0 Å². The van der Waals surface area contributed by atoms with E-state index in [2.05, 4.69) is 13.8 Å². The van der Waals surface area contributed by atoms with Crippen LogP contribution < -0.4 is 0 Å². The fourth-order valence-electron chi connectivity index (χ4n) is 2.48. The van der Waals surface area contributed by atoms with Gasteiger partial charge in [-0.05, 0) is 42.5 Å². The average molecular weight is 316 g/mol. The summed E-state index contributed by atoms with van der Waals surface area (Å²) in [5.41, 5.74) is 1.19. The van der Waals surface area contributed by atoms with E-state index in [9.17, 15) is 13.2 Å². The molecule has 20 heavy (non-hydrogen) atoms. The van der Waals surface area contributed by atoms with Gasteiger partial charge in [-0.2, -0.15) is 0 Å². The molecular formula is C14H18ClNO3S. The minimum absolute atomic E-state index is 0.0269. The molecule has 1 aromatic carbocycles. The monoisotopic (exact) mass is 315 g/mol. The predicted molar refractivity (Wildman–Crippen MR) is 78.5 cm³/mol. The van der Waals surface area contributed by atoms with Gasteiger partial charge >= 0.3 is 0 Å². The van der Waals surface area contributed by atoms with Gasteiger partial charge in [0, 0.05) is 29.3 Å². The van der Waals surface area contributed by atoms with Crippen molar-refractivity contribution in [3.8, 4) is 0 Å². The Morgan fingerprint density at radius 1 is 1.30 bits per heavy atom. The summed E-state index contributed by atoms with van der Waals surface area (Å²) in [6.45, 7) is 7.36. The number of rotatable bonds is 2. The van der Waals surface area contributed by atoms with Crippen molar-refractivity contribution in [1.82, 2.24) is 4.90 Å². The number of hydrogen-bond donors (Lipinski definition) is 0. The smallest absolute Gasteiger partial charge is 0.261 e. The van der Waals surface area contributed by atoms with Crippen molar-refractivity contribution in [3.05, 3.63) is 29.3 Å². The molecule has 1 amide bonds. The van der Waals surface area contributed by atoms with Gasteiger partial charge in [-0.3, -0.25) is 4.79 Å². The lowest BCUT2D eigenvalue weighted by molar-refractivity contribution is 0.0778. The van der Waals surface area contributed by atoms with Crippen molar-refractivity contribution in [2.24, 2.45) is 5.41 Å². The number of hydrogen-bond acceptors (Lipinski definition) is 3. The Kier molecular flexibility index (Phi) is 3.86. The van der Waals surface area contributed by atoms with Gasteiger partial charge in [0.15, 0.2) is 0 Å². The number of amides is 1. The van der Waals surface area contributed by atoms with Gasteiger partial charge in [-0.1, -0.05) is 13.8 Å². The maximum absolute atomic E-state index is 12.5. The molecule has 0 radical (unpaired) electrons. The molecule has 1 heterocycles. The second kappa shape index (κ2) is 5.04. The van der Waals surface area contributed by atoms with Gasteiger partial charge in [0.05, 0.1) is 4.90 Å². The molecule has 0 bridgehead atoms. The summed E-state index contributed by atoms with van der Waals surface area (Å²) in [6.07, 6.45) is 0.950. The summed E-state index contributed by atoms with van der Waals surface area (Å²) in [5.74, 6) is -0.138. The van der Waals surface area contributed by atoms with E-state index in [1.807, 2.05) is 0 Å². The molecular weight excluding hydrogens is 298 g/mol. The minimum atomic E-state index is -3.83. The fourth-order valence-corrected chi connectivity index (χ4v) is 3.34. The second-order valence-electron chi connectivity index (χ2n) is 6.11. The Bertz CT molecular complexity index is 652. The van der Waals surface area contributed by atoms with Crippen molar-refractivity contribution in [2.45, 2.75) is 32.1 Å². The molecule has 1 aliphatic heterocycles. The van der Waals surface area contributed by atoms with Crippen molar-refractivity contribution < 1.29 is 13.2 Å². The van der Waals surface area contributed by atoms with Crippen LogP contribution in [-0.2, 0) is 9.05 Å². The summed E-state index contributed by atoms with van der Waals surface area (Å²) < 4.78 is 22.8. The first-order chi connectivity index (χ1) is 9.08. The third kappa shape index (κ3) is 3.33. The molecule has 1 aromatic rings. The number of likely N-dealkylation sites (tertiary alicyclic amines) is 1. The Morgan fingerprint density at radius 3 is 2.45 bits per heavy atom. The van der Waals surface area contributed by atoms with Crippen molar-refractivity contribution in [2.75, 3.05) is 13.1 Å². The Hall–Kier alpha value is -1.07.